The molecular formula is C41H65NO7S. The van der Waals surface area contributed by atoms with Crippen molar-refractivity contribution in [3.63, 3.8) is 0 Å². The minimum Gasteiger partial charge on any atom is -0.332 e. The van der Waals surface area contributed by atoms with Crippen molar-refractivity contribution in [2.45, 2.75) is 180 Å². The fourth-order valence-corrected chi connectivity index (χ4v) is 12.4. The molecule has 0 radical (unpaired) electrons. The zero-order valence-corrected chi connectivity index (χ0v) is 32.7. The number of carbonyl (C=O) groups is 5. The molecule has 5 fully saturated rings. The van der Waals surface area contributed by atoms with E-state index in [9.17, 15) is 32.4 Å². The van der Waals surface area contributed by atoms with Crippen LogP contribution in [0.4, 0.5) is 0 Å². The molecule has 5 atom stereocenters. The number of hydrogen-bond donors (Lipinski definition) is 0. The van der Waals surface area contributed by atoms with Crippen molar-refractivity contribution in [1.82, 2.24) is 4.90 Å². The number of rotatable bonds is 11. The summed E-state index contributed by atoms with van der Waals surface area (Å²) >= 11 is 0. The van der Waals surface area contributed by atoms with E-state index in [1.165, 1.54) is 0 Å². The van der Waals surface area contributed by atoms with Crippen LogP contribution in [0.1, 0.15) is 164 Å². The monoisotopic (exact) mass is 715 g/mol. The Morgan fingerprint density at radius 1 is 0.840 bits per heavy atom. The highest BCUT2D eigenvalue weighted by Gasteiger charge is 2.69. The summed E-state index contributed by atoms with van der Waals surface area (Å²) in [4.78, 5) is 71.2. The molecule has 3 saturated carbocycles. The number of amides is 1. The molecular weight excluding hydrogens is 651 g/mol. The standard InChI is InChI=1S/C41H65NO7S/c1-27(2)50(48,49)40(5,6)41(20-14-11-15-21-41)25-31(43)23-30-17-13-10-8-7-9-12-16-29(37(46)34(45)22-28-18-19-28)24-33(44)36-35-32(39(35,3)4)26-42(36)38(30)47/h27-30,32,35-36H,7-26H2,1-6H3/t29-,30-,32+,35+,36-/m1/s1. The number of nitrogens with zero attached hydrogens (tertiary/aromatic N) is 1. The van der Waals surface area contributed by atoms with Gasteiger partial charge < -0.3 is 4.90 Å². The lowest BCUT2D eigenvalue weighted by molar-refractivity contribution is -0.146. The van der Waals surface area contributed by atoms with Crippen molar-refractivity contribution < 1.29 is 32.4 Å². The summed E-state index contributed by atoms with van der Waals surface area (Å²) in [7, 11) is -3.52. The van der Waals surface area contributed by atoms with E-state index in [0.29, 0.717) is 38.1 Å². The maximum atomic E-state index is 14.6. The minimum atomic E-state index is -3.52. The van der Waals surface area contributed by atoms with Gasteiger partial charge >= 0.3 is 0 Å². The van der Waals surface area contributed by atoms with Crippen molar-refractivity contribution in [3.8, 4) is 0 Å². The molecule has 5 rings (SSSR count). The summed E-state index contributed by atoms with van der Waals surface area (Å²) < 4.78 is 26.4. The summed E-state index contributed by atoms with van der Waals surface area (Å²) in [5.41, 5.74) is -0.766. The summed E-state index contributed by atoms with van der Waals surface area (Å²) in [5.74, 6) is -1.75. The van der Waals surface area contributed by atoms with Crippen LogP contribution in [-0.4, -0.2) is 64.9 Å². The van der Waals surface area contributed by atoms with Crippen LogP contribution in [0.3, 0.4) is 0 Å². The van der Waals surface area contributed by atoms with E-state index in [2.05, 4.69) is 13.8 Å². The van der Waals surface area contributed by atoms with Gasteiger partial charge in [-0.2, -0.15) is 0 Å². The molecule has 0 aromatic heterocycles. The van der Waals surface area contributed by atoms with Crippen LogP contribution in [0.15, 0.2) is 0 Å². The highest BCUT2D eigenvalue weighted by atomic mass is 32.2. The van der Waals surface area contributed by atoms with Gasteiger partial charge in [0.2, 0.25) is 11.7 Å². The molecule has 0 aromatic carbocycles. The third kappa shape index (κ3) is 7.88. The second-order valence-electron chi connectivity index (χ2n) is 18.5. The van der Waals surface area contributed by atoms with Crippen LogP contribution < -0.4 is 0 Å². The third-order valence-electron chi connectivity index (χ3n) is 14.2. The van der Waals surface area contributed by atoms with Crippen LogP contribution in [0.25, 0.3) is 0 Å². The molecule has 3 aliphatic carbocycles. The molecule has 2 heterocycles. The summed E-state index contributed by atoms with van der Waals surface area (Å²) in [6.45, 7) is 11.8. The first-order valence-corrected chi connectivity index (χ1v) is 21.6. The first-order valence-electron chi connectivity index (χ1n) is 20.1. The predicted molar refractivity (Wildman–Crippen MR) is 195 cm³/mol. The summed E-state index contributed by atoms with van der Waals surface area (Å²) in [5, 5.41) is -0.552. The van der Waals surface area contributed by atoms with Crippen LogP contribution >= 0.6 is 0 Å². The fraction of sp³-hybridized carbons (Fsp3) is 0.878. The van der Waals surface area contributed by atoms with Crippen LogP contribution in [0.2, 0.25) is 0 Å². The lowest BCUT2D eigenvalue weighted by Crippen LogP contribution is -2.54. The van der Waals surface area contributed by atoms with E-state index in [-0.39, 0.29) is 66.2 Å². The number of ketones is 4. The lowest BCUT2D eigenvalue weighted by atomic mass is 9.63. The van der Waals surface area contributed by atoms with E-state index in [0.717, 1.165) is 70.6 Å². The van der Waals surface area contributed by atoms with Gasteiger partial charge in [0.25, 0.3) is 0 Å². The van der Waals surface area contributed by atoms with E-state index < -0.39 is 48.9 Å². The van der Waals surface area contributed by atoms with Gasteiger partial charge in [0, 0.05) is 44.1 Å². The molecule has 0 N–H and O–H groups in total. The summed E-state index contributed by atoms with van der Waals surface area (Å²) in [6, 6.07) is -0.640. The molecule has 0 bridgehead atoms. The van der Waals surface area contributed by atoms with Gasteiger partial charge in [0.15, 0.2) is 21.4 Å². The van der Waals surface area contributed by atoms with Crippen LogP contribution in [0.5, 0.6) is 0 Å². The molecule has 9 heteroatoms. The van der Waals surface area contributed by atoms with E-state index in [1.807, 2.05) is 13.8 Å². The fourth-order valence-electron chi connectivity index (χ4n) is 10.4. The molecule has 282 valence electrons. The molecule has 0 aromatic rings. The Morgan fingerprint density at radius 2 is 1.42 bits per heavy atom. The quantitative estimate of drug-likeness (QED) is 0.202. The molecule has 2 aliphatic heterocycles. The van der Waals surface area contributed by atoms with Gasteiger partial charge in [-0.15, -0.1) is 0 Å². The molecule has 1 amide bonds. The molecule has 8 nitrogen and oxygen atoms in total. The van der Waals surface area contributed by atoms with Gasteiger partial charge in [-0.05, 0) is 94.8 Å². The van der Waals surface area contributed by atoms with Gasteiger partial charge in [0.1, 0.15) is 5.78 Å². The highest BCUT2D eigenvalue weighted by molar-refractivity contribution is 7.93. The second-order valence-corrected chi connectivity index (χ2v) is 21.5. The minimum absolute atomic E-state index is 0.00544. The average molecular weight is 716 g/mol. The van der Waals surface area contributed by atoms with E-state index >= 15 is 0 Å². The predicted octanol–water partition coefficient (Wildman–Crippen LogP) is 7.64. The van der Waals surface area contributed by atoms with Gasteiger partial charge in [-0.1, -0.05) is 71.6 Å². The maximum absolute atomic E-state index is 14.6. The first-order chi connectivity index (χ1) is 23.4. The lowest BCUT2D eigenvalue weighted by Gasteiger charge is -2.49. The third-order valence-corrected chi connectivity index (χ3v) is 17.3. The Kier molecular flexibility index (Phi) is 12.0. The van der Waals surface area contributed by atoms with Crippen molar-refractivity contribution in [3.05, 3.63) is 0 Å². The number of hydrogen-bond acceptors (Lipinski definition) is 7. The van der Waals surface area contributed by atoms with E-state index in [1.54, 1.807) is 18.7 Å². The number of carbonyl (C=O) groups excluding carboxylic acids is 5. The van der Waals surface area contributed by atoms with Gasteiger partial charge in [-0.25, -0.2) is 8.42 Å². The van der Waals surface area contributed by atoms with Crippen molar-refractivity contribution in [2.75, 3.05) is 6.54 Å². The van der Waals surface area contributed by atoms with Gasteiger partial charge in [0.05, 0.1) is 16.0 Å². The molecule has 0 unspecified atom stereocenters. The number of Topliss-reactive ketones (excluding diaryl/α,β-unsaturated/α-hetero) is 4. The Hall–Kier alpha value is -1.90. The van der Waals surface area contributed by atoms with Crippen molar-refractivity contribution >= 4 is 38.9 Å². The molecule has 5 aliphatic rings. The molecule has 2 saturated heterocycles. The van der Waals surface area contributed by atoms with Crippen molar-refractivity contribution in [2.24, 2.45) is 40.4 Å². The average Bonchev–Trinajstić information content (AvgIpc) is 3.91. The SMILES string of the molecule is CC(C)S(=O)(=O)C(C)(C)C1(CC(=O)C[C@H]2CCCCCCCC[C@@H](C(=O)C(=O)CC3CC3)CC(=O)[C@@H]3[C@@H]4[C@H](CN3C2=O)C4(C)C)CCCCC1. The highest BCUT2D eigenvalue weighted by Crippen LogP contribution is 2.65. The zero-order chi connectivity index (χ0) is 36.6. The number of fused-ring (bicyclic) bond motifs is 3. The van der Waals surface area contributed by atoms with Crippen molar-refractivity contribution in [1.29, 1.82) is 0 Å². The summed E-state index contributed by atoms with van der Waals surface area (Å²) in [6.07, 6.45) is 13.2. The Bertz CT molecular complexity index is 1420. The molecule has 50 heavy (non-hydrogen) atoms. The van der Waals surface area contributed by atoms with Crippen LogP contribution in [-0.2, 0) is 33.8 Å². The number of sulfone groups is 1. The normalized spacial score (nSPS) is 30.9. The van der Waals surface area contributed by atoms with Gasteiger partial charge in [-0.3, -0.25) is 24.0 Å². The Balaban J connectivity index is 1.38. The molecule has 0 spiro atoms. The number of piperidine rings is 1. The van der Waals surface area contributed by atoms with Crippen LogP contribution in [0, 0.1) is 40.4 Å². The second kappa shape index (κ2) is 15.2. The van der Waals surface area contributed by atoms with E-state index in [4.69, 9.17) is 0 Å². The maximum Gasteiger partial charge on any atom is 0.226 e. The first kappa shape index (κ1) is 39.3. The Labute approximate surface area is 302 Å². The topological polar surface area (TPSA) is 123 Å². The smallest absolute Gasteiger partial charge is 0.226 e. The zero-order valence-electron chi connectivity index (χ0n) is 31.9. The Morgan fingerprint density at radius 3 is 2.02 bits per heavy atom. The largest absolute Gasteiger partial charge is 0.332 e.